The fraction of sp³-hybridized carbons (Fsp3) is 0.538. The highest BCUT2D eigenvalue weighted by atomic mass is 32.2. The van der Waals surface area contributed by atoms with Crippen LogP contribution in [0.2, 0.25) is 0 Å². The predicted molar refractivity (Wildman–Crippen MR) is 68.3 cm³/mol. The van der Waals surface area contributed by atoms with Crippen LogP contribution in [0.15, 0.2) is 24.3 Å². The molecule has 1 saturated heterocycles. The van der Waals surface area contributed by atoms with E-state index in [9.17, 15) is 0 Å². The molecule has 15 heavy (non-hydrogen) atoms. The average Bonchev–Trinajstić information content (AvgIpc) is 2.74. The Kier molecular flexibility index (Phi) is 3.71. The Labute approximate surface area is 96.4 Å². The molecule has 1 aromatic carbocycles. The molecule has 0 spiro atoms. The highest BCUT2D eigenvalue weighted by molar-refractivity contribution is 8.00. The van der Waals surface area contributed by atoms with Crippen LogP contribution >= 0.6 is 11.8 Å². The maximum atomic E-state index is 6.26. The van der Waals surface area contributed by atoms with Crippen molar-refractivity contribution in [2.45, 2.75) is 37.5 Å². The second-order valence-corrected chi connectivity index (χ2v) is 5.69. The van der Waals surface area contributed by atoms with Gasteiger partial charge in [0.25, 0.3) is 0 Å². The smallest absolute Gasteiger partial charge is 0.0202 e. The first-order valence-corrected chi connectivity index (χ1v) is 6.74. The molecule has 1 aliphatic rings. The molecule has 2 N–H and O–H groups in total. The van der Waals surface area contributed by atoms with E-state index in [-0.39, 0.29) is 0 Å². The molecule has 2 unspecified atom stereocenters. The van der Waals surface area contributed by atoms with Crippen molar-refractivity contribution in [2.75, 3.05) is 5.75 Å². The van der Waals surface area contributed by atoms with Gasteiger partial charge in [-0.05, 0) is 43.1 Å². The summed E-state index contributed by atoms with van der Waals surface area (Å²) >= 11 is 2.05. The van der Waals surface area contributed by atoms with Gasteiger partial charge in [0, 0.05) is 11.3 Å². The first kappa shape index (κ1) is 11.0. The van der Waals surface area contributed by atoms with Crippen molar-refractivity contribution in [3.63, 3.8) is 0 Å². The number of hydrogen-bond acceptors (Lipinski definition) is 2. The van der Waals surface area contributed by atoms with Gasteiger partial charge in [-0.2, -0.15) is 11.8 Å². The second kappa shape index (κ2) is 5.04. The van der Waals surface area contributed by atoms with Crippen molar-refractivity contribution in [1.29, 1.82) is 0 Å². The van der Waals surface area contributed by atoms with E-state index in [1.807, 2.05) is 0 Å². The summed E-state index contributed by atoms with van der Waals surface area (Å²) < 4.78 is 0. The van der Waals surface area contributed by atoms with Gasteiger partial charge >= 0.3 is 0 Å². The third kappa shape index (κ3) is 2.76. The van der Waals surface area contributed by atoms with Gasteiger partial charge in [-0.25, -0.2) is 0 Å². The van der Waals surface area contributed by atoms with Crippen LogP contribution in [0.5, 0.6) is 0 Å². The molecular weight excluding hydrogens is 202 g/mol. The van der Waals surface area contributed by atoms with Crippen LogP contribution in [0.4, 0.5) is 0 Å². The summed E-state index contributed by atoms with van der Waals surface area (Å²) in [5, 5.41) is 0.685. The van der Waals surface area contributed by atoms with E-state index in [1.54, 1.807) is 0 Å². The summed E-state index contributed by atoms with van der Waals surface area (Å²) in [6.45, 7) is 2.17. The van der Waals surface area contributed by atoms with Crippen molar-refractivity contribution in [1.82, 2.24) is 0 Å². The van der Waals surface area contributed by atoms with Crippen LogP contribution in [0.25, 0.3) is 0 Å². The summed E-state index contributed by atoms with van der Waals surface area (Å²) in [5.74, 6) is 1.30. The molecule has 2 heteroatoms. The van der Waals surface area contributed by atoms with Gasteiger partial charge in [-0.15, -0.1) is 0 Å². The third-order valence-corrected chi connectivity index (χ3v) is 4.70. The molecule has 0 aliphatic carbocycles. The molecule has 2 rings (SSSR count). The normalized spacial score (nSPS) is 22.9. The lowest BCUT2D eigenvalue weighted by molar-refractivity contribution is 0.608. The predicted octanol–water partition coefficient (Wildman–Crippen LogP) is 2.76. The van der Waals surface area contributed by atoms with Crippen LogP contribution < -0.4 is 5.73 Å². The van der Waals surface area contributed by atoms with Crippen molar-refractivity contribution in [3.8, 4) is 0 Å². The maximum Gasteiger partial charge on any atom is 0.0202 e. The van der Waals surface area contributed by atoms with Crippen molar-refractivity contribution >= 4 is 11.8 Å². The SMILES string of the molecule is Cc1ccccc1CC(N)C1CCCS1. The van der Waals surface area contributed by atoms with Gasteiger partial charge in [0.2, 0.25) is 0 Å². The number of nitrogens with two attached hydrogens (primary N) is 1. The fourth-order valence-electron chi connectivity index (χ4n) is 2.16. The Balaban J connectivity index is 1.99. The van der Waals surface area contributed by atoms with E-state index in [1.165, 1.54) is 29.7 Å². The maximum absolute atomic E-state index is 6.26. The molecule has 0 radical (unpaired) electrons. The van der Waals surface area contributed by atoms with E-state index in [0.29, 0.717) is 11.3 Å². The standard InChI is InChI=1S/C13H19NS/c1-10-5-2-3-6-11(10)9-12(14)13-7-4-8-15-13/h2-3,5-6,12-13H,4,7-9,14H2,1H3. The molecule has 1 aliphatic heterocycles. The minimum atomic E-state index is 0.332. The van der Waals surface area contributed by atoms with Gasteiger partial charge in [-0.3, -0.25) is 0 Å². The topological polar surface area (TPSA) is 26.0 Å². The number of thioether (sulfide) groups is 1. The van der Waals surface area contributed by atoms with Crippen LogP contribution in [-0.2, 0) is 6.42 Å². The molecule has 1 aromatic rings. The van der Waals surface area contributed by atoms with Gasteiger partial charge in [0.15, 0.2) is 0 Å². The molecule has 0 bridgehead atoms. The van der Waals surface area contributed by atoms with Crippen LogP contribution in [0, 0.1) is 6.92 Å². The summed E-state index contributed by atoms with van der Waals surface area (Å²) in [6.07, 6.45) is 3.68. The Hall–Kier alpha value is -0.470. The number of aryl methyl sites for hydroxylation is 1. The Bertz CT molecular complexity index is 318. The van der Waals surface area contributed by atoms with Crippen LogP contribution in [-0.4, -0.2) is 17.0 Å². The van der Waals surface area contributed by atoms with Gasteiger partial charge < -0.3 is 5.73 Å². The summed E-state index contributed by atoms with van der Waals surface area (Å²) in [7, 11) is 0. The molecule has 82 valence electrons. The summed E-state index contributed by atoms with van der Waals surface area (Å²) in [5.41, 5.74) is 9.04. The van der Waals surface area contributed by atoms with Gasteiger partial charge in [0.1, 0.15) is 0 Å². The zero-order valence-electron chi connectivity index (χ0n) is 9.28. The Morgan fingerprint density at radius 1 is 1.47 bits per heavy atom. The van der Waals surface area contributed by atoms with E-state index < -0.39 is 0 Å². The van der Waals surface area contributed by atoms with Crippen LogP contribution in [0.1, 0.15) is 24.0 Å². The quantitative estimate of drug-likeness (QED) is 0.849. The fourth-order valence-corrected chi connectivity index (χ4v) is 3.48. The molecular formula is C13H19NS. The third-order valence-electron chi connectivity index (χ3n) is 3.16. The van der Waals surface area contributed by atoms with Crippen LogP contribution in [0.3, 0.4) is 0 Å². The van der Waals surface area contributed by atoms with E-state index in [2.05, 4.69) is 43.0 Å². The molecule has 1 fully saturated rings. The second-order valence-electron chi connectivity index (χ2n) is 4.35. The zero-order valence-corrected chi connectivity index (χ0v) is 10.1. The minimum Gasteiger partial charge on any atom is -0.326 e. The van der Waals surface area contributed by atoms with Crippen molar-refractivity contribution in [3.05, 3.63) is 35.4 Å². The van der Waals surface area contributed by atoms with Gasteiger partial charge in [0.05, 0.1) is 0 Å². The number of hydrogen-bond donors (Lipinski definition) is 1. The molecule has 1 heterocycles. The summed E-state index contributed by atoms with van der Waals surface area (Å²) in [6, 6.07) is 8.91. The molecule has 1 nitrogen and oxygen atoms in total. The monoisotopic (exact) mass is 221 g/mol. The molecule has 0 amide bonds. The Morgan fingerprint density at radius 3 is 2.93 bits per heavy atom. The first-order chi connectivity index (χ1) is 7.27. The van der Waals surface area contributed by atoms with E-state index >= 15 is 0 Å². The highest BCUT2D eigenvalue weighted by Crippen LogP contribution is 2.29. The van der Waals surface area contributed by atoms with Crippen molar-refractivity contribution < 1.29 is 0 Å². The number of benzene rings is 1. The zero-order chi connectivity index (χ0) is 10.7. The lowest BCUT2D eigenvalue weighted by atomic mass is 9.98. The molecule has 0 aromatic heterocycles. The van der Waals surface area contributed by atoms with E-state index in [0.717, 1.165) is 6.42 Å². The first-order valence-electron chi connectivity index (χ1n) is 5.69. The van der Waals surface area contributed by atoms with Crippen molar-refractivity contribution in [2.24, 2.45) is 5.73 Å². The average molecular weight is 221 g/mol. The minimum absolute atomic E-state index is 0.332. The lowest BCUT2D eigenvalue weighted by Crippen LogP contribution is -2.33. The lowest BCUT2D eigenvalue weighted by Gasteiger charge is -2.19. The number of rotatable bonds is 3. The highest BCUT2D eigenvalue weighted by Gasteiger charge is 2.22. The summed E-state index contributed by atoms with van der Waals surface area (Å²) in [4.78, 5) is 0. The molecule has 0 saturated carbocycles. The Morgan fingerprint density at radius 2 is 2.27 bits per heavy atom. The largest absolute Gasteiger partial charge is 0.326 e. The molecule has 2 atom stereocenters. The van der Waals surface area contributed by atoms with Gasteiger partial charge in [-0.1, -0.05) is 24.3 Å². The van der Waals surface area contributed by atoms with E-state index in [4.69, 9.17) is 5.73 Å².